The molecule has 0 aliphatic heterocycles. The third kappa shape index (κ3) is 5.71. The van der Waals surface area contributed by atoms with Gasteiger partial charge in [-0.05, 0) is 12.5 Å². The highest BCUT2D eigenvalue weighted by atomic mass is 35.5. The van der Waals surface area contributed by atoms with Crippen molar-refractivity contribution in [1.29, 1.82) is 0 Å². The van der Waals surface area contributed by atoms with Gasteiger partial charge in [-0.25, -0.2) is 0 Å². The number of allylic oxidation sites excluding steroid dienone is 2. The predicted octanol–water partition coefficient (Wildman–Crippen LogP) is 2.86. The van der Waals surface area contributed by atoms with Gasteiger partial charge in [0, 0.05) is 12.3 Å². The predicted molar refractivity (Wildman–Crippen MR) is 41.0 cm³/mol. The minimum Gasteiger partial charge on any atom is -0.513 e. The van der Waals surface area contributed by atoms with Gasteiger partial charge in [-0.15, -0.1) is 11.6 Å². The molecule has 0 saturated carbocycles. The summed E-state index contributed by atoms with van der Waals surface area (Å²) in [5.74, 6) is 0.929. The number of rotatable bonds is 4. The second kappa shape index (κ2) is 5.96. The van der Waals surface area contributed by atoms with Crippen LogP contribution in [0.5, 0.6) is 0 Å². The van der Waals surface area contributed by atoms with Crippen LogP contribution in [0.2, 0.25) is 0 Å². The number of alkyl halides is 1. The molecule has 0 saturated heterocycles. The van der Waals surface area contributed by atoms with Gasteiger partial charge in [-0.3, -0.25) is 0 Å². The van der Waals surface area contributed by atoms with Crippen LogP contribution in [0.15, 0.2) is 11.8 Å². The topological polar surface area (TPSA) is 20.2 Å². The molecule has 2 heteroatoms. The molecule has 0 rings (SSSR count). The maximum atomic E-state index is 8.96. The summed E-state index contributed by atoms with van der Waals surface area (Å²) in [5, 5.41) is 8.96. The van der Waals surface area contributed by atoms with Crippen LogP contribution in [0.1, 0.15) is 26.2 Å². The molecule has 0 spiro atoms. The zero-order chi connectivity index (χ0) is 7.11. The molecule has 0 atom stereocenters. The zero-order valence-electron chi connectivity index (χ0n) is 5.73. The standard InChI is InChI=1S/C7H13ClO/c1-2-3-4-7(9)5-6-8/h4,9H,2-3,5-6H2,1H3. The number of aliphatic hydroxyl groups excluding tert-OH is 1. The molecule has 1 N–H and O–H groups in total. The monoisotopic (exact) mass is 148 g/mol. The van der Waals surface area contributed by atoms with Crippen LogP contribution in [0.4, 0.5) is 0 Å². The number of hydrogen-bond acceptors (Lipinski definition) is 1. The van der Waals surface area contributed by atoms with Gasteiger partial charge in [0.25, 0.3) is 0 Å². The Morgan fingerprint density at radius 3 is 2.78 bits per heavy atom. The van der Waals surface area contributed by atoms with Crippen molar-refractivity contribution >= 4 is 11.6 Å². The van der Waals surface area contributed by atoms with E-state index in [2.05, 4.69) is 6.92 Å². The van der Waals surface area contributed by atoms with Crippen LogP contribution in [0.3, 0.4) is 0 Å². The van der Waals surface area contributed by atoms with E-state index in [0.29, 0.717) is 18.1 Å². The minimum atomic E-state index is 0.423. The Kier molecular flexibility index (Phi) is 5.85. The molecule has 0 bridgehead atoms. The summed E-state index contributed by atoms with van der Waals surface area (Å²) < 4.78 is 0. The lowest BCUT2D eigenvalue weighted by Crippen LogP contribution is -1.81. The van der Waals surface area contributed by atoms with Crippen LogP contribution in [-0.4, -0.2) is 11.0 Å². The summed E-state index contributed by atoms with van der Waals surface area (Å²) in [6, 6.07) is 0. The molecular weight excluding hydrogens is 136 g/mol. The molecule has 0 unspecified atom stereocenters. The summed E-state index contributed by atoms with van der Waals surface area (Å²) in [7, 11) is 0. The van der Waals surface area contributed by atoms with Crippen molar-refractivity contribution in [1.82, 2.24) is 0 Å². The summed E-state index contributed by atoms with van der Waals surface area (Å²) in [5.41, 5.74) is 0. The number of aliphatic hydroxyl groups is 1. The Morgan fingerprint density at radius 1 is 1.67 bits per heavy atom. The zero-order valence-corrected chi connectivity index (χ0v) is 6.49. The van der Waals surface area contributed by atoms with E-state index in [1.54, 1.807) is 0 Å². The lowest BCUT2D eigenvalue weighted by atomic mass is 10.3. The Labute approximate surface area is 61.3 Å². The van der Waals surface area contributed by atoms with E-state index < -0.39 is 0 Å². The van der Waals surface area contributed by atoms with Crippen molar-refractivity contribution in [3.8, 4) is 0 Å². The molecule has 0 amide bonds. The first-order chi connectivity index (χ1) is 4.31. The lowest BCUT2D eigenvalue weighted by molar-refractivity contribution is 0.392. The highest BCUT2D eigenvalue weighted by molar-refractivity contribution is 6.17. The second-order valence-electron chi connectivity index (χ2n) is 1.92. The summed E-state index contributed by atoms with van der Waals surface area (Å²) >= 11 is 5.37. The van der Waals surface area contributed by atoms with Crippen molar-refractivity contribution in [2.24, 2.45) is 0 Å². The van der Waals surface area contributed by atoms with Gasteiger partial charge in [0.1, 0.15) is 0 Å². The number of unbranched alkanes of at least 4 members (excludes halogenated alkanes) is 1. The first-order valence-corrected chi connectivity index (χ1v) is 3.78. The van der Waals surface area contributed by atoms with E-state index in [9.17, 15) is 0 Å². The van der Waals surface area contributed by atoms with Gasteiger partial charge in [-0.2, -0.15) is 0 Å². The fraction of sp³-hybridized carbons (Fsp3) is 0.714. The van der Waals surface area contributed by atoms with E-state index in [0.717, 1.165) is 12.8 Å². The molecule has 9 heavy (non-hydrogen) atoms. The molecule has 0 aromatic heterocycles. The maximum absolute atomic E-state index is 8.96. The first kappa shape index (κ1) is 8.83. The van der Waals surface area contributed by atoms with Gasteiger partial charge in [0.15, 0.2) is 0 Å². The van der Waals surface area contributed by atoms with Crippen molar-refractivity contribution in [2.45, 2.75) is 26.2 Å². The molecule has 0 aliphatic carbocycles. The van der Waals surface area contributed by atoms with Crippen LogP contribution in [-0.2, 0) is 0 Å². The van der Waals surface area contributed by atoms with E-state index in [1.807, 2.05) is 6.08 Å². The first-order valence-electron chi connectivity index (χ1n) is 3.25. The SMILES string of the molecule is CCCC=C(O)CCCl. The quantitative estimate of drug-likeness (QED) is 0.480. The Balaban J connectivity index is 3.30. The maximum Gasteiger partial charge on any atom is 0.0894 e. The molecule has 54 valence electrons. The Bertz CT molecular complexity index is 88.9. The third-order valence-corrected chi connectivity index (χ3v) is 1.21. The van der Waals surface area contributed by atoms with Crippen molar-refractivity contribution in [2.75, 3.05) is 5.88 Å². The number of halogens is 1. The molecular formula is C7H13ClO. The van der Waals surface area contributed by atoms with Gasteiger partial charge in [0.2, 0.25) is 0 Å². The average Bonchev–Trinajstić information content (AvgIpc) is 1.85. The Hall–Kier alpha value is -0.170. The summed E-state index contributed by atoms with van der Waals surface area (Å²) in [4.78, 5) is 0. The van der Waals surface area contributed by atoms with Crippen molar-refractivity contribution in [3.05, 3.63) is 11.8 Å². The van der Waals surface area contributed by atoms with Gasteiger partial charge in [0.05, 0.1) is 5.76 Å². The molecule has 0 aliphatic rings. The summed E-state index contributed by atoms with van der Waals surface area (Å²) in [6.07, 6.45) is 4.44. The largest absolute Gasteiger partial charge is 0.513 e. The fourth-order valence-electron chi connectivity index (χ4n) is 0.510. The van der Waals surface area contributed by atoms with Crippen molar-refractivity contribution in [3.63, 3.8) is 0 Å². The third-order valence-electron chi connectivity index (χ3n) is 1.02. The minimum absolute atomic E-state index is 0.423. The molecule has 0 radical (unpaired) electrons. The second-order valence-corrected chi connectivity index (χ2v) is 2.30. The van der Waals surface area contributed by atoms with E-state index in [1.165, 1.54) is 0 Å². The molecule has 0 fully saturated rings. The van der Waals surface area contributed by atoms with Gasteiger partial charge >= 0.3 is 0 Å². The van der Waals surface area contributed by atoms with E-state index >= 15 is 0 Å². The van der Waals surface area contributed by atoms with Crippen molar-refractivity contribution < 1.29 is 5.11 Å². The van der Waals surface area contributed by atoms with Gasteiger partial charge < -0.3 is 5.11 Å². The highest BCUT2D eigenvalue weighted by Gasteiger charge is 1.88. The molecule has 1 nitrogen and oxygen atoms in total. The Morgan fingerprint density at radius 2 is 2.33 bits per heavy atom. The van der Waals surface area contributed by atoms with Crippen LogP contribution < -0.4 is 0 Å². The van der Waals surface area contributed by atoms with E-state index in [4.69, 9.17) is 16.7 Å². The highest BCUT2D eigenvalue weighted by Crippen LogP contribution is 2.00. The van der Waals surface area contributed by atoms with Crippen LogP contribution >= 0.6 is 11.6 Å². The normalized spacial score (nSPS) is 12.0. The smallest absolute Gasteiger partial charge is 0.0894 e. The molecule has 0 heterocycles. The summed E-state index contributed by atoms with van der Waals surface area (Å²) in [6.45, 7) is 2.07. The average molecular weight is 149 g/mol. The lowest BCUT2D eigenvalue weighted by Gasteiger charge is -1.93. The van der Waals surface area contributed by atoms with Crippen LogP contribution in [0, 0.1) is 0 Å². The number of hydrogen-bond donors (Lipinski definition) is 1. The van der Waals surface area contributed by atoms with Crippen LogP contribution in [0.25, 0.3) is 0 Å². The van der Waals surface area contributed by atoms with Gasteiger partial charge in [-0.1, -0.05) is 13.3 Å². The molecule has 0 aromatic rings. The molecule has 0 aromatic carbocycles. The fourth-order valence-corrected chi connectivity index (χ4v) is 0.703. The van der Waals surface area contributed by atoms with E-state index in [-0.39, 0.29) is 0 Å².